The van der Waals surface area contributed by atoms with E-state index in [1.54, 1.807) is 0 Å². The number of pyridine rings is 1. The van der Waals surface area contributed by atoms with Gasteiger partial charge in [-0.25, -0.2) is 4.98 Å². The Morgan fingerprint density at radius 1 is 1.14 bits per heavy atom. The van der Waals surface area contributed by atoms with Crippen LogP contribution in [0.5, 0.6) is 0 Å². The monoisotopic (exact) mass is 288 g/mol. The van der Waals surface area contributed by atoms with E-state index in [0.29, 0.717) is 6.54 Å². The average molecular weight is 288 g/mol. The molecule has 0 saturated carbocycles. The predicted molar refractivity (Wildman–Crippen MR) is 87.7 cm³/mol. The lowest BCUT2D eigenvalue weighted by Crippen LogP contribution is -2.53. The van der Waals surface area contributed by atoms with Gasteiger partial charge in [-0.15, -0.1) is 0 Å². The number of piperazine rings is 1. The number of anilines is 1. The summed E-state index contributed by atoms with van der Waals surface area (Å²) in [6.45, 7) is 11.8. The first-order valence-electron chi connectivity index (χ1n) is 8.21. The van der Waals surface area contributed by atoms with Crippen molar-refractivity contribution in [2.24, 2.45) is 5.73 Å². The molecule has 3 rings (SSSR count). The van der Waals surface area contributed by atoms with Gasteiger partial charge < -0.3 is 10.6 Å². The molecule has 2 heterocycles. The molecule has 0 unspecified atom stereocenters. The second-order valence-electron chi connectivity index (χ2n) is 7.28. The van der Waals surface area contributed by atoms with Crippen LogP contribution < -0.4 is 10.6 Å². The molecule has 4 heteroatoms. The summed E-state index contributed by atoms with van der Waals surface area (Å²) in [5.41, 5.74) is 10.2. The van der Waals surface area contributed by atoms with Crippen molar-refractivity contribution >= 4 is 5.82 Å². The van der Waals surface area contributed by atoms with Crippen molar-refractivity contribution in [3.05, 3.63) is 22.9 Å². The zero-order valence-corrected chi connectivity index (χ0v) is 13.7. The molecule has 2 aliphatic rings. The first-order chi connectivity index (χ1) is 9.99. The van der Waals surface area contributed by atoms with Crippen molar-refractivity contribution < 1.29 is 0 Å². The summed E-state index contributed by atoms with van der Waals surface area (Å²) in [5.74, 6) is 1.15. The molecule has 0 bridgehead atoms. The summed E-state index contributed by atoms with van der Waals surface area (Å²) in [4.78, 5) is 9.95. The molecule has 1 saturated heterocycles. The first-order valence-corrected chi connectivity index (χ1v) is 8.21. The van der Waals surface area contributed by atoms with Gasteiger partial charge in [-0.1, -0.05) is 0 Å². The standard InChI is InChI=1S/C17H28N4/c1-17(2,3)21-9-7-20(8-10-21)16-14(12-18)11-13-5-4-6-15(13)19-16/h11H,4-10,12,18H2,1-3H3. The molecule has 2 N–H and O–H groups in total. The Labute approximate surface area is 128 Å². The quantitative estimate of drug-likeness (QED) is 0.903. The topological polar surface area (TPSA) is 45.4 Å². The van der Waals surface area contributed by atoms with E-state index in [2.05, 4.69) is 36.6 Å². The van der Waals surface area contributed by atoms with Crippen LogP contribution in [-0.4, -0.2) is 41.6 Å². The number of hydrogen-bond donors (Lipinski definition) is 1. The van der Waals surface area contributed by atoms with E-state index in [-0.39, 0.29) is 5.54 Å². The Morgan fingerprint density at radius 3 is 2.48 bits per heavy atom. The third kappa shape index (κ3) is 2.92. The highest BCUT2D eigenvalue weighted by Crippen LogP contribution is 2.28. The van der Waals surface area contributed by atoms with Crippen molar-refractivity contribution in [2.45, 2.75) is 52.1 Å². The molecule has 21 heavy (non-hydrogen) atoms. The fourth-order valence-corrected chi connectivity index (χ4v) is 3.52. The van der Waals surface area contributed by atoms with Crippen LogP contribution in [0.1, 0.15) is 44.0 Å². The van der Waals surface area contributed by atoms with Crippen LogP contribution in [0.15, 0.2) is 6.07 Å². The molecule has 1 aromatic rings. The number of aromatic nitrogens is 1. The number of aryl methyl sites for hydroxylation is 2. The lowest BCUT2D eigenvalue weighted by Gasteiger charge is -2.43. The zero-order chi connectivity index (χ0) is 15.0. The van der Waals surface area contributed by atoms with Gasteiger partial charge in [0.1, 0.15) is 5.82 Å². The number of fused-ring (bicyclic) bond motifs is 1. The van der Waals surface area contributed by atoms with E-state index in [1.807, 2.05) is 0 Å². The molecule has 1 aliphatic heterocycles. The smallest absolute Gasteiger partial charge is 0.133 e. The Bertz CT molecular complexity index is 510. The van der Waals surface area contributed by atoms with Gasteiger partial charge in [-0.3, -0.25) is 4.90 Å². The van der Waals surface area contributed by atoms with Crippen molar-refractivity contribution in [2.75, 3.05) is 31.1 Å². The van der Waals surface area contributed by atoms with Crippen LogP contribution in [-0.2, 0) is 19.4 Å². The number of nitrogens with two attached hydrogens (primary N) is 1. The molecule has 0 atom stereocenters. The molecular formula is C17H28N4. The SMILES string of the molecule is CC(C)(C)N1CCN(c2nc3c(cc2CN)CCC3)CC1. The Kier molecular flexibility index (Phi) is 3.93. The Hall–Kier alpha value is -1.13. The number of rotatable bonds is 2. The predicted octanol–water partition coefficient (Wildman–Crippen LogP) is 1.95. The maximum absolute atomic E-state index is 5.97. The van der Waals surface area contributed by atoms with Crippen LogP contribution in [0.4, 0.5) is 5.82 Å². The molecule has 0 aromatic carbocycles. The summed E-state index contributed by atoms with van der Waals surface area (Å²) >= 11 is 0. The molecule has 0 amide bonds. The lowest BCUT2D eigenvalue weighted by atomic mass is 10.0. The highest BCUT2D eigenvalue weighted by Gasteiger charge is 2.27. The molecule has 0 spiro atoms. The lowest BCUT2D eigenvalue weighted by molar-refractivity contribution is 0.128. The minimum absolute atomic E-state index is 0.258. The highest BCUT2D eigenvalue weighted by molar-refractivity contribution is 5.51. The third-order valence-electron chi connectivity index (χ3n) is 4.85. The van der Waals surface area contributed by atoms with Crippen LogP contribution in [0.25, 0.3) is 0 Å². The number of nitrogens with zero attached hydrogens (tertiary/aromatic N) is 3. The van der Waals surface area contributed by atoms with Gasteiger partial charge in [-0.2, -0.15) is 0 Å². The summed E-state index contributed by atoms with van der Waals surface area (Å²) in [6, 6.07) is 2.31. The number of hydrogen-bond acceptors (Lipinski definition) is 4. The van der Waals surface area contributed by atoms with Gasteiger partial charge >= 0.3 is 0 Å². The van der Waals surface area contributed by atoms with Gasteiger partial charge in [0.05, 0.1) is 0 Å². The van der Waals surface area contributed by atoms with Crippen molar-refractivity contribution in [3.63, 3.8) is 0 Å². The Morgan fingerprint density at radius 2 is 1.86 bits per heavy atom. The molecule has 1 fully saturated rings. The minimum Gasteiger partial charge on any atom is -0.354 e. The Balaban J connectivity index is 1.79. The van der Waals surface area contributed by atoms with Crippen molar-refractivity contribution in [3.8, 4) is 0 Å². The van der Waals surface area contributed by atoms with Crippen LogP contribution in [0, 0.1) is 0 Å². The summed E-state index contributed by atoms with van der Waals surface area (Å²) in [5, 5.41) is 0. The zero-order valence-electron chi connectivity index (χ0n) is 13.7. The van der Waals surface area contributed by atoms with Gasteiger partial charge in [0, 0.05) is 49.5 Å². The van der Waals surface area contributed by atoms with E-state index < -0.39 is 0 Å². The van der Waals surface area contributed by atoms with Crippen molar-refractivity contribution in [1.82, 2.24) is 9.88 Å². The van der Waals surface area contributed by atoms with E-state index >= 15 is 0 Å². The second kappa shape index (κ2) is 5.58. The summed E-state index contributed by atoms with van der Waals surface area (Å²) in [6.07, 6.45) is 3.55. The van der Waals surface area contributed by atoms with Crippen molar-refractivity contribution in [1.29, 1.82) is 0 Å². The first kappa shape index (κ1) is 14.8. The fraction of sp³-hybridized carbons (Fsp3) is 0.706. The molecule has 1 aromatic heterocycles. The fourth-order valence-electron chi connectivity index (χ4n) is 3.52. The second-order valence-corrected chi connectivity index (χ2v) is 7.28. The molecular weight excluding hydrogens is 260 g/mol. The van der Waals surface area contributed by atoms with Gasteiger partial charge in [0.2, 0.25) is 0 Å². The minimum atomic E-state index is 0.258. The average Bonchev–Trinajstić information content (AvgIpc) is 2.92. The largest absolute Gasteiger partial charge is 0.354 e. The van der Waals surface area contributed by atoms with Gasteiger partial charge in [-0.05, 0) is 51.7 Å². The van der Waals surface area contributed by atoms with Gasteiger partial charge in [0.25, 0.3) is 0 Å². The third-order valence-corrected chi connectivity index (χ3v) is 4.85. The molecule has 1 aliphatic carbocycles. The van der Waals surface area contributed by atoms with E-state index in [9.17, 15) is 0 Å². The summed E-state index contributed by atoms with van der Waals surface area (Å²) < 4.78 is 0. The normalized spacial score (nSPS) is 19.9. The maximum Gasteiger partial charge on any atom is 0.133 e. The van der Waals surface area contributed by atoms with E-state index in [0.717, 1.165) is 38.4 Å². The molecule has 4 nitrogen and oxygen atoms in total. The van der Waals surface area contributed by atoms with Crippen LogP contribution in [0.3, 0.4) is 0 Å². The van der Waals surface area contributed by atoms with Crippen LogP contribution >= 0.6 is 0 Å². The van der Waals surface area contributed by atoms with E-state index in [1.165, 1.54) is 29.7 Å². The van der Waals surface area contributed by atoms with Gasteiger partial charge in [0.15, 0.2) is 0 Å². The maximum atomic E-state index is 5.97. The highest BCUT2D eigenvalue weighted by atomic mass is 15.3. The van der Waals surface area contributed by atoms with Crippen LogP contribution in [0.2, 0.25) is 0 Å². The summed E-state index contributed by atoms with van der Waals surface area (Å²) in [7, 11) is 0. The molecule has 0 radical (unpaired) electrons. The molecule has 116 valence electrons. The van der Waals surface area contributed by atoms with E-state index in [4.69, 9.17) is 10.7 Å².